The summed E-state index contributed by atoms with van der Waals surface area (Å²) in [6.45, 7) is 0. The van der Waals surface area contributed by atoms with Crippen molar-refractivity contribution in [1.29, 1.82) is 0 Å². The fourth-order valence-electron chi connectivity index (χ4n) is 1.35. The molecule has 0 amide bonds. The predicted octanol–water partition coefficient (Wildman–Crippen LogP) is 2.16. The Morgan fingerprint density at radius 1 is 1.17 bits per heavy atom. The van der Waals surface area contributed by atoms with E-state index in [0.717, 1.165) is 5.69 Å². The molecular weight excluding hydrogens is 244 g/mol. The summed E-state index contributed by atoms with van der Waals surface area (Å²) in [6, 6.07) is 15.1. The number of nitrogens with two attached hydrogens (primary N) is 1. The molecule has 2 rings (SSSR count). The Morgan fingerprint density at radius 3 is 2.67 bits per heavy atom. The molecule has 0 fully saturated rings. The smallest absolute Gasteiger partial charge is 0.122 e. The van der Waals surface area contributed by atoms with Crippen molar-refractivity contribution in [3.05, 3.63) is 59.9 Å². The van der Waals surface area contributed by atoms with Crippen molar-refractivity contribution in [3.8, 4) is 0 Å². The van der Waals surface area contributed by atoms with Gasteiger partial charge in [0.05, 0.1) is 23.3 Å². The monoisotopic (exact) mass is 256 g/mol. The van der Waals surface area contributed by atoms with Crippen LogP contribution in [-0.2, 0) is 0 Å². The zero-order chi connectivity index (χ0) is 12.8. The molecule has 1 heterocycles. The number of para-hydroxylation sites is 1. The molecule has 0 saturated carbocycles. The van der Waals surface area contributed by atoms with Gasteiger partial charge in [-0.3, -0.25) is 5.43 Å². The molecular formula is C13H12N4S. The van der Waals surface area contributed by atoms with Crippen molar-refractivity contribution < 1.29 is 0 Å². The first-order valence-electron chi connectivity index (χ1n) is 5.37. The average molecular weight is 256 g/mol. The van der Waals surface area contributed by atoms with E-state index in [-0.39, 0.29) is 4.99 Å². The Balaban J connectivity index is 2.05. The predicted molar refractivity (Wildman–Crippen MR) is 77.8 cm³/mol. The minimum atomic E-state index is 0.279. The van der Waals surface area contributed by atoms with E-state index in [9.17, 15) is 0 Å². The number of nitrogens with zero attached hydrogens (tertiary/aromatic N) is 2. The number of benzene rings is 1. The maximum absolute atomic E-state index is 5.51. The third kappa shape index (κ3) is 3.36. The third-order valence-corrected chi connectivity index (χ3v) is 2.40. The molecule has 0 bridgehead atoms. The van der Waals surface area contributed by atoms with Crippen LogP contribution in [0.15, 0.2) is 53.6 Å². The summed E-state index contributed by atoms with van der Waals surface area (Å²) in [7, 11) is 0. The maximum atomic E-state index is 5.51. The highest BCUT2D eigenvalue weighted by atomic mass is 32.1. The highest BCUT2D eigenvalue weighted by Gasteiger charge is 1.97. The van der Waals surface area contributed by atoms with Crippen molar-refractivity contribution in [2.75, 3.05) is 5.43 Å². The molecule has 0 unspecified atom stereocenters. The largest absolute Gasteiger partial charge is 0.388 e. The van der Waals surface area contributed by atoms with E-state index in [1.165, 1.54) is 0 Å². The molecule has 1 aromatic carbocycles. The average Bonchev–Trinajstić information content (AvgIpc) is 2.40. The Hall–Kier alpha value is -2.27. The summed E-state index contributed by atoms with van der Waals surface area (Å²) >= 11 is 4.87. The van der Waals surface area contributed by atoms with Gasteiger partial charge >= 0.3 is 0 Å². The third-order valence-electron chi connectivity index (χ3n) is 2.19. The van der Waals surface area contributed by atoms with E-state index in [0.29, 0.717) is 11.4 Å². The Bertz CT molecular complexity index is 566. The highest BCUT2D eigenvalue weighted by Crippen LogP contribution is 2.04. The van der Waals surface area contributed by atoms with Gasteiger partial charge in [-0.2, -0.15) is 5.10 Å². The zero-order valence-corrected chi connectivity index (χ0v) is 10.4. The second kappa shape index (κ2) is 5.88. The first-order chi connectivity index (χ1) is 8.75. The highest BCUT2D eigenvalue weighted by molar-refractivity contribution is 7.80. The SMILES string of the molecule is NC(=S)c1cccc(/C=N/Nc2ccccc2)n1. The molecule has 0 aliphatic rings. The maximum Gasteiger partial charge on any atom is 0.122 e. The van der Waals surface area contributed by atoms with Gasteiger partial charge in [0.1, 0.15) is 4.99 Å². The molecule has 2 aromatic rings. The van der Waals surface area contributed by atoms with Crippen LogP contribution in [-0.4, -0.2) is 16.2 Å². The summed E-state index contributed by atoms with van der Waals surface area (Å²) in [6.07, 6.45) is 1.62. The van der Waals surface area contributed by atoms with E-state index >= 15 is 0 Å². The van der Waals surface area contributed by atoms with Crippen LogP contribution in [0.2, 0.25) is 0 Å². The van der Waals surface area contributed by atoms with Gasteiger partial charge in [0.25, 0.3) is 0 Å². The Morgan fingerprint density at radius 2 is 1.94 bits per heavy atom. The molecule has 0 saturated heterocycles. The lowest BCUT2D eigenvalue weighted by Gasteiger charge is -2.00. The van der Waals surface area contributed by atoms with Gasteiger partial charge in [-0.15, -0.1) is 0 Å². The van der Waals surface area contributed by atoms with E-state index in [4.69, 9.17) is 18.0 Å². The van der Waals surface area contributed by atoms with Crippen LogP contribution >= 0.6 is 12.2 Å². The van der Waals surface area contributed by atoms with Crippen LogP contribution in [0.3, 0.4) is 0 Å². The fourth-order valence-corrected chi connectivity index (χ4v) is 1.46. The number of hydrazone groups is 1. The molecule has 5 heteroatoms. The van der Waals surface area contributed by atoms with E-state index in [1.54, 1.807) is 12.3 Å². The first kappa shape index (κ1) is 12.2. The summed E-state index contributed by atoms with van der Waals surface area (Å²) in [4.78, 5) is 4.53. The standard InChI is InChI=1S/C13H12N4S/c14-13(18)12-8-4-7-11(16-12)9-15-17-10-5-2-1-3-6-10/h1-9,17H,(H2,14,18)/b15-9+. The summed E-state index contributed by atoms with van der Waals surface area (Å²) in [5, 5.41) is 4.09. The zero-order valence-electron chi connectivity index (χ0n) is 9.58. The molecule has 18 heavy (non-hydrogen) atoms. The van der Waals surface area contributed by atoms with E-state index in [2.05, 4.69) is 15.5 Å². The molecule has 1 aromatic heterocycles. The Kier molecular flexibility index (Phi) is 3.98. The molecule has 3 N–H and O–H groups in total. The molecule has 0 aliphatic heterocycles. The van der Waals surface area contributed by atoms with Gasteiger partial charge in [-0.25, -0.2) is 4.98 Å². The van der Waals surface area contributed by atoms with E-state index < -0.39 is 0 Å². The van der Waals surface area contributed by atoms with Crippen LogP contribution in [0, 0.1) is 0 Å². The number of nitrogens with one attached hydrogen (secondary N) is 1. The fraction of sp³-hybridized carbons (Fsp3) is 0. The number of anilines is 1. The van der Waals surface area contributed by atoms with Gasteiger partial charge in [-0.1, -0.05) is 36.5 Å². The first-order valence-corrected chi connectivity index (χ1v) is 5.77. The number of aromatic nitrogens is 1. The van der Waals surface area contributed by atoms with Crippen molar-refractivity contribution in [2.45, 2.75) is 0 Å². The lowest BCUT2D eigenvalue weighted by atomic mass is 10.3. The Labute approximate surface area is 111 Å². The molecule has 0 aliphatic carbocycles. The summed E-state index contributed by atoms with van der Waals surface area (Å²) in [5.41, 5.74) is 10.6. The van der Waals surface area contributed by atoms with Crippen molar-refractivity contribution in [2.24, 2.45) is 10.8 Å². The van der Waals surface area contributed by atoms with Gasteiger partial charge in [0, 0.05) is 0 Å². The minimum Gasteiger partial charge on any atom is -0.388 e. The number of thiocarbonyl (C=S) groups is 1. The quantitative estimate of drug-likeness (QED) is 0.500. The lowest BCUT2D eigenvalue weighted by Crippen LogP contribution is -2.12. The van der Waals surface area contributed by atoms with Crippen LogP contribution < -0.4 is 11.2 Å². The van der Waals surface area contributed by atoms with Crippen molar-refractivity contribution >= 4 is 29.1 Å². The summed E-state index contributed by atoms with van der Waals surface area (Å²) in [5.74, 6) is 0. The summed E-state index contributed by atoms with van der Waals surface area (Å²) < 4.78 is 0. The van der Waals surface area contributed by atoms with Crippen molar-refractivity contribution in [1.82, 2.24) is 4.98 Å². The molecule has 0 spiro atoms. The van der Waals surface area contributed by atoms with Crippen LogP contribution in [0.5, 0.6) is 0 Å². The van der Waals surface area contributed by atoms with Gasteiger partial charge in [0.2, 0.25) is 0 Å². The van der Waals surface area contributed by atoms with Crippen LogP contribution in [0.25, 0.3) is 0 Å². The number of rotatable bonds is 4. The van der Waals surface area contributed by atoms with Crippen LogP contribution in [0.1, 0.15) is 11.4 Å². The van der Waals surface area contributed by atoms with Gasteiger partial charge in [0.15, 0.2) is 0 Å². The molecule has 4 nitrogen and oxygen atoms in total. The van der Waals surface area contributed by atoms with Gasteiger partial charge < -0.3 is 5.73 Å². The second-order valence-corrected chi connectivity index (χ2v) is 3.99. The lowest BCUT2D eigenvalue weighted by molar-refractivity contribution is 1.25. The van der Waals surface area contributed by atoms with Gasteiger partial charge in [-0.05, 0) is 24.3 Å². The molecule has 0 radical (unpaired) electrons. The molecule has 0 atom stereocenters. The minimum absolute atomic E-state index is 0.279. The normalized spacial score (nSPS) is 10.4. The number of pyridine rings is 1. The topological polar surface area (TPSA) is 63.3 Å². The number of hydrogen-bond acceptors (Lipinski definition) is 4. The van der Waals surface area contributed by atoms with Crippen molar-refractivity contribution in [3.63, 3.8) is 0 Å². The number of hydrogen-bond donors (Lipinski definition) is 2. The van der Waals surface area contributed by atoms with E-state index in [1.807, 2.05) is 42.5 Å². The van der Waals surface area contributed by atoms with Crippen LogP contribution in [0.4, 0.5) is 5.69 Å². The molecule has 90 valence electrons. The second-order valence-electron chi connectivity index (χ2n) is 3.55.